The van der Waals surface area contributed by atoms with Crippen LogP contribution in [0.2, 0.25) is 0 Å². The number of imidazole rings is 1. The number of rotatable bonds is 8. The molecule has 2 heterocycles. The first-order valence-electron chi connectivity index (χ1n) is 8.93. The quantitative estimate of drug-likeness (QED) is 0.391. The summed E-state index contributed by atoms with van der Waals surface area (Å²) in [5, 5.41) is 8.53. The number of alkyl carbamates (subject to hydrolysis) is 1. The molecule has 0 spiro atoms. The van der Waals surface area contributed by atoms with E-state index in [0.29, 0.717) is 5.69 Å². The lowest BCUT2D eigenvalue weighted by Crippen LogP contribution is -2.47. The first-order valence-corrected chi connectivity index (χ1v) is 9.81. The second-order valence-corrected chi connectivity index (χ2v) is 7.19. The van der Waals surface area contributed by atoms with Gasteiger partial charge in [0.15, 0.2) is 0 Å². The summed E-state index contributed by atoms with van der Waals surface area (Å²) in [4.78, 5) is 32.6. The normalized spacial score (nSPS) is 11.9. The van der Waals surface area contributed by atoms with Crippen LogP contribution in [0.5, 0.6) is 0 Å². The van der Waals surface area contributed by atoms with Crippen molar-refractivity contribution in [1.29, 1.82) is 0 Å². The highest BCUT2D eigenvalue weighted by Crippen LogP contribution is 2.12. The number of nitrogens with one attached hydrogen (secondary N) is 3. The van der Waals surface area contributed by atoms with E-state index in [-0.39, 0.29) is 13.0 Å². The first kappa shape index (κ1) is 20.3. The number of aryl methyl sites for hydroxylation is 1. The molecule has 1 atom stereocenters. The van der Waals surface area contributed by atoms with Gasteiger partial charge in [0.25, 0.3) is 5.91 Å². The number of aromatic amines is 1. The van der Waals surface area contributed by atoms with E-state index in [1.54, 1.807) is 12.4 Å². The van der Waals surface area contributed by atoms with E-state index in [1.807, 2.05) is 48.7 Å². The molecule has 150 valence electrons. The Labute approximate surface area is 172 Å². The molecule has 0 saturated heterocycles. The number of benzene rings is 1. The molecule has 29 heavy (non-hydrogen) atoms. The molecule has 0 unspecified atom stereocenters. The standard InChI is InChI=1S/C20H21N5O3S/c1-14-7-8-29-18(14)11-23-25-19(26)17(9-16-10-21-13-22-16)24-20(27)28-12-15-5-3-2-4-6-15/h2-8,10-11,13,17H,9,12H2,1H3,(H,21,22)(H,24,27)(H,25,26)/b23-11-/t17-/m1/s1. The number of carbonyl (C=O) groups excluding carboxylic acids is 2. The maximum Gasteiger partial charge on any atom is 0.408 e. The largest absolute Gasteiger partial charge is 0.445 e. The highest BCUT2D eigenvalue weighted by molar-refractivity contribution is 7.11. The Balaban J connectivity index is 1.59. The maximum atomic E-state index is 12.6. The lowest BCUT2D eigenvalue weighted by molar-refractivity contribution is -0.123. The third-order valence-electron chi connectivity index (χ3n) is 4.06. The summed E-state index contributed by atoms with van der Waals surface area (Å²) in [5.74, 6) is -0.457. The average Bonchev–Trinajstić information content (AvgIpc) is 3.38. The van der Waals surface area contributed by atoms with Crippen LogP contribution in [0.4, 0.5) is 4.79 Å². The molecule has 1 aromatic carbocycles. The second-order valence-electron chi connectivity index (χ2n) is 6.24. The Morgan fingerprint density at radius 3 is 2.83 bits per heavy atom. The van der Waals surface area contributed by atoms with E-state index < -0.39 is 18.0 Å². The summed E-state index contributed by atoms with van der Waals surface area (Å²) < 4.78 is 5.21. The number of amides is 2. The zero-order valence-electron chi connectivity index (χ0n) is 15.8. The van der Waals surface area contributed by atoms with Crippen molar-refractivity contribution in [2.45, 2.75) is 26.0 Å². The van der Waals surface area contributed by atoms with Crippen molar-refractivity contribution >= 4 is 29.6 Å². The fourth-order valence-electron chi connectivity index (χ4n) is 2.48. The Morgan fingerprint density at radius 1 is 1.31 bits per heavy atom. The fourth-order valence-corrected chi connectivity index (χ4v) is 3.27. The average molecular weight is 411 g/mol. The summed E-state index contributed by atoms with van der Waals surface area (Å²) in [6, 6.07) is 10.4. The Bertz CT molecular complexity index is 954. The van der Waals surface area contributed by atoms with E-state index >= 15 is 0 Å². The Morgan fingerprint density at radius 2 is 2.14 bits per heavy atom. The number of hydrogen-bond donors (Lipinski definition) is 3. The fraction of sp³-hybridized carbons (Fsp3) is 0.200. The number of aromatic nitrogens is 2. The number of nitrogens with zero attached hydrogens (tertiary/aromatic N) is 2. The summed E-state index contributed by atoms with van der Waals surface area (Å²) >= 11 is 1.52. The van der Waals surface area contributed by atoms with E-state index in [2.05, 4.69) is 25.8 Å². The number of ether oxygens (including phenoxy) is 1. The van der Waals surface area contributed by atoms with Crippen LogP contribution in [0.15, 0.2) is 59.4 Å². The minimum absolute atomic E-state index is 0.112. The highest BCUT2D eigenvalue weighted by Gasteiger charge is 2.22. The van der Waals surface area contributed by atoms with Crippen LogP contribution in [0.1, 0.15) is 21.7 Å². The molecule has 0 aliphatic rings. The van der Waals surface area contributed by atoms with Gasteiger partial charge in [-0.05, 0) is 29.5 Å². The molecule has 0 saturated carbocycles. The molecule has 2 aromatic heterocycles. The van der Waals surface area contributed by atoms with Gasteiger partial charge in [-0.3, -0.25) is 4.79 Å². The topological polar surface area (TPSA) is 108 Å². The minimum Gasteiger partial charge on any atom is -0.445 e. The van der Waals surface area contributed by atoms with Gasteiger partial charge in [0.2, 0.25) is 0 Å². The molecule has 3 N–H and O–H groups in total. The molecule has 0 aliphatic heterocycles. The van der Waals surface area contributed by atoms with Crippen LogP contribution in [-0.2, 0) is 22.6 Å². The van der Waals surface area contributed by atoms with Gasteiger partial charge in [-0.15, -0.1) is 11.3 Å². The lowest BCUT2D eigenvalue weighted by Gasteiger charge is -2.16. The van der Waals surface area contributed by atoms with Crippen LogP contribution in [0.25, 0.3) is 0 Å². The summed E-state index contributed by atoms with van der Waals surface area (Å²) in [6.45, 7) is 2.08. The summed E-state index contributed by atoms with van der Waals surface area (Å²) in [6.07, 6.45) is 4.22. The van der Waals surface area contributed by atoms with Crippen molar-refractivity contribution in [2.24, 2.45) is 5.10 Å². The molecule has 9 heteroatoms. The van der Waals surface area contributed by atoms with E-state index in [1.165, 1.54) is 17.7 Å². The van der Waals surface area contributed by atoms with Crippen LogP contribution >= 0.6 is 11.3 Å². The van der Waals surface area contributed by atoms with E-state index in [0.717, 1.165) is 16.0 Å². The lowest BCUT2D eigenvalue weighted by atomic mass is 10.1. The van der Waals surface area contributed by atoms with Crippen molar-refractivity contribution in [1.82, 2.24) is 20.7 Å². The third kappa shape index (κ3) is 6.28. The van der Waals surface area contributed by atoms with Crippen LogP contribution < -0.4 is 10.7 Å². The number of hydrazone groups is 1. The van der Waals surface area contributed by atoms with Crippen molar-refractivity contribution in [2.75, 3.05) is 0 Å². The van der Waals surface area contributed by atoms with Gasteiger partial charge in [-0.25, -0.2) is 15.2 Å². The van der Waals surface area contributed by atoms with Gasteiger partial charge in [-0.2, -0.15) is 5.10 Å². The smallest absolute Gasteiger partial charge is 0.408 e. The monoisotopic (exact) mass is 411 g/mol. The third-order valence-corrected chi connectivity index (χ3v) is 5.01. The number of thiophene rings is 1. The number of hydrogen-bond acceptors (Lipinski definition) is 6. The van der Waals surface area contributed by atoms with E-state index in [9.17, 15) is 9.59 Å². The van der Waals surface area contributed by atoms with Crippen molar-refractivity contribution in [3.8, 4) is 0 Å². The predicted octanol–water partition coefficient (Wildman–Crippen LogP) is 2.77. The van der Waals surface area contributed by atoms with Crippen molar-refractivity contribution in [3.05, 3.63) is 76.0 Å². The van der Waals surface area contributed by atoms with Gasteiger partial charge in [-0.1, -0.05) is 30.3 Å². The zero-order chi connectivity index (χ0) is 20.5. The predicted molar refractivity (Wildman–Crippen MR) is 111 cm³/mol. The molecule has 0 bridgehead atoms. The highest BCUT2D eigenvalue weighted by atomic mass is 32.1. The molecular weight excluding hydrogens is 390 g/mol. The molecule has 0 radical (unpaired) electrons. The molecule has 2 amide bonds. The van der Waals surface area contributed by atoms with Gasteiger partial charge >= 0.3 is 6.09 Å². The molecule has 3 aromatic rings. The minimum atomic E-state index is -0.875. The summed E-state index contributed by atoms with van der Waals surface area (Å²) in [7, 11) is 0. The SMILES string of the molecule is Cc1ccsc1/C=N\NC(=O)[C@@H](Cc1cnc[nH]1)NC(=O)OCc1ccccc1. The Hall–Kier alpha value is -3.46. The van der Waals surface area contributed by atoms with Gasteiger partial charge < -0.3 is 15.0 Å². The molecule has 8 nitrogen and oxygen atoms in total. The maximum absolute atomic E-state index is 12.6. The van der Waals surface area contributed by atoms with Crippen LogP contribution in [-0.4, -0.2) is 34.2 Å². The molecule has 0 aliphatic carbocycles. The van der Waals surface area contributed by atoms with Gasteiger partial charge in [0, 0.05) is 23.2 Å². The molecular formula is C20H21N5O3S. The molecule has 3 rings (SSSR count). The summed E-state index contributed by atoms with van der Waals surface area (Å²) in [5.41, 5.74) is 5.10. The first-order chi connectivity index (χ1) is 14.1. The second kappa shape index (κ2) is 10.2. The number of H-pyrrole nitrogens is 1. The van der Waals surface area contributed by atoms with Crippen LogP contribution in [0, 0.1) is 6.92 Å². The Kier molecular flexibility index (Phi) is 7.12. The number of carbonyl (C=O) groups is 2. The van der Waals surface area contributed by atoms with Gasteiger partial charge in [0.05, 0.1) is 12.5 Å². The van der Waals surface area contributed by atoms with E-state index in [4.69, 9.17) is 4.74 Å². The molecule has 0 fully saturated rings. The van der Waals surface area contributed by atoms with Crippen molar-refractivity contribution in [3.63, 3.8) is 0 Å². The van der Waals surface area contributed by atoms with Crippen LogP contribution in [0.3, 0.4) is 0 Å². The van der Waals surface area contributed by atoms with Crippen molar-refractivity contribution < 1.29 is 14.3 Å². The zero-order valence-corrected chi connectivity index (χ0v) is 16.6. The van der Waals surface area contributed by atoms with Gasteiger partial charge in [0.1, 0.15) is 12.6 Å².